The summed E-state index contributed by atoms with van der Waals surface area (Å²) in [6.45, 7) is 2.39. The van der Waals surface area contributed by atoms with E-state index in [9.17, 15) is 4.79 Å². The molecule has 1 heterocycles. The maximum absolute atomic E-state index is 11.3. The molecule has 0 bridgehead atoms. The van der Waals surface area contributed by atoms with E-state index in [4.69, 9.17) is 5.14 Å². The summed E-state index contributed by atoms with van der Waals surface area (Å²) in [5.41, 5.74) is 2.26. The monoisotopic (exact) mass is 208 g/mol. The molecule has 0 saturated carbocycles. The van der Waals surface area contributed by atoms with Crippen LogP contribution in [0.4, 0.5) is 5.69 Å². The third-order valence-corrected chi connectivity index (χ3v) is 2.99. The molecular formula is C10H12N2OS. The highest BCUT2D eigenvalue weighted by molar-refractivity contribution is 7.97. The zero-order valence-electron chi connectivity index (χ0n) is 7.99. The number of hydrogen-bond acceptors (Lipinski definition) is 3. The largest absolute Gasteiger partial charge is 0.312 e. The summed E-state index contributed by atoms with van der Waals surface area (Å²) in [5, 5.41) is 5.47. The van der Waals surface area contributed by atoms with E-state index in [1.54, 1.807) is 11.8 Å². The molecule has 0 spiro atoms. The van der Waals surface area contributed by atoms with Crippen LogP contribution in [0.25, 0.3) is 0 Å². The van der Waals surface area contributed by atoms with E-state index in [1.165, 1.54) is 17.5 Å². The number of benzene rings is 1. The summed E-state index contributed by atoms with van der Waals surface area (Å²) < 4.78 is 0. The minimum Gasteiger partial charge on any atom is -0.312 e. The van der Waals surface area contributed by atoms with E-state index in [-0.39, 0.29) is 5.91 Å². The summed E-state index contributed by atoms with van der Waals surface area (Å²) >= 11 is 1.24. The first-order valence-electron chi connectivity index (χ1n) is 4.50. The molecule has 0 unspecified atom stereocenters. The minimum atomic E-state index is 0.108. The number of carbonyl (C=O) groups is 1. The second-order valence-corrected chi connectivity index (χ2v) is 4.04. The quantitative estimate of drug-likeness (QED) is 0.712. The molecule has 0 radical (unpaired) electrons. The van der Waals surface area contributed by atoms with E-state index in [0.717, 1.165) is 23.5 Å². The standard InChI is InChI=1S/C10H12N2OS/c1-7(13)12-5-4-8-6-9(14-11)2-3-10(8)12/h2-3,6H,4-5,11H2,1H3. The van der Waals surface area contributed by atoms with Crippen LogP contribution in [0.2, 0.25) is 0 Å². The summed E-state index contributed by atoms with van der Waals surface area (Å²) in [6, 6.07) is 5.98. The molecule has 1 aliphatic rings. The molecule has 3 nitrogen and oxygen atoms in total. The van der Waals surface area contributed by atoms with Gasteiger partial charge in [-0.1, -0.05) is 0 Å². The Morgan fingerprint density at radius 3 is 3.00 bits per heavy atom. The number of amides is 1. The first kappa shape index (κ1) is 9.55. The van der Waals surface area contributed by atoms with Crippen LogP contribution >= 0.6 is 11.9 Å². The predicted molar refractivity (Wildman–Crippen MR) is 58.2 cm³/mol. The van der Waals surface area contributed by atoms with Crippen molar-refractivity contribution >= 4 is 23.5 Å². The number of anilines is 1. The molecule has 0 atom stereocenters. The van der Waals surface area contributed by atoms with Crippen LogP contribution in [0, 0.1) is 0 Å². The number of carbonyl (C=O) groups excluding carboxylic acids is 1. The SMILES string of the molecule is CC(=O)N1CCc2cc(SN)ccc21. The first-order valence-corrected chi connectivity index (χ1v) is 5.38. The van der Waals surface area contributed by atoms with Crippen LogP contribution in [0.15, 0.2) is 23.1 Å². The zero-order chi connectivity index (χ0) is 10.1. The van der Waals surface area contributed by atoms with Gasteiger partial charge < -0.3 is 4.90 Å². The van der Waals surface area contributed by atoms with Crippen molar-refractivity contribution in [2.45, 2.75) is 18.2 Å². The molecule has 0 aromatic heterocycles. The number of nitrogens with zero attached hydrogens (tertiary/aromatic N) is 1. The lowest BCUT2D eigenvalue weighted by atomic mass is 10.2. The van der Waals surface area contributed by atoms with Crippen molar-refractivity contribution in [2.24, 2.45) is 5.14 Å². The van der Waals surface area contributed by atoms with E-state index in [0.29, 0.717) is 0 Å². The highest BCUT2D eigenvalue weighted by atomic mass is 32.2. The Hall–Kier alpha value is -1.00. The molecule has 1 aromatic rings. The maximum atomic E-state index is 11.3. The molecule has 2 rings (SSSR count). The molecule has 2 N–H and O–H groups in total. The Labute approximate surface area is 87.4 Å². The lowest BCUT2D eigenvalue weighted by Gasteiger charge is -2.14. The van der Waals surface area contributed by atoms with Gasteiger partial charge in [0.15, 0.2) is 0 Å². The average molecular weight is 208 g/mol. The molecule has 1 aliphatic heterocycles. The zero-order valence-corrected chi connectivity index (χ0v) is 8.80. The highest BCUT2D eigenvalue weighted by Gasteiger charge is 2.21. The third kappa shape index (κ3) is 1.51. The van der Waals surface area contributed by atoms with Gasteiger partial charge in [-0.15, -0.1) is 0 Å². The van der Waals surface area contributed by atoms with Crippen LogP contribution in [0.3, 0.4) is 0 Å². The highest BCUT2D eigenvalue weighted by Crippen LogP contribution is 2.30. The number of rotatable bonds is 1. The Bertz CT molecular complexity index is 378. The molecule has 0 aliphatic carbocycles. The van der Waals surface area contributed by atoms with Crippen molar-refractivity contribution in [3.8, 4) is 0 Å². The fraction of sp³-hybridized carbons (Fsp3) is 0.300. The molecule has 4 heteroatoms. The van der Waals surface area contributed by atoms with Gasteiger partial charge in [-0.3, -0.25) is 9.93 Å². The molecule has 1 amide bonds. The van der Waals surface area contributed by atoms with Crippen LogP contribution in [-0.4, -0.2) is 12.5 Å². The predicted octanol–water partition coefficient (Wildman–Crippen LogP) is 1.56. The molecule has 0 fully saturated rings. The van der Waals surface area contributed by atoms with Crippen molar-refractivity contribution < 1.29 is 4.79 Å². The van der Waals surface area contributed by atoms with Gasteiger partial charge in [-0.25, -0.2) is 0 Å². The number of hydrogen-bond donors (Lipinski definition) is 1. The smallest absolute Gasteiger partial charge is 0.223 e. The summed E-state index contributed by atoms with van der Waals surface area (Å²) in [7, 11) is 0. The van der Waals surface area contributed by atoms with E-state index < -0.39 is 0 Å². The molecule has 14 heavy (non-hydrogen) atoms. The van der Waals surface area contributed by atoms with Crippen LogP contribution in [0.1, 0.15) is 12.5 Å². The van der Waals surface area contributed by atoms with Crippen molar-refractivity contribution in [1.29, 1.82) is 0 Å². The molecular weight excluding hydrogens is 196 g/mol. The van der Waals surface area contributed by atoms with Gasteiger partial charge in [0.2, 0.25) is 5.91 Å². The molecule has 0 saturated heterocycles. The van der Waals surface area contributed by atoms with E-state index >= 15 is 0 Å². The maximum Gasteiger partial charge on any atom is 0.223 e. The number of nitrogens with two attached hydrogens (primary N) is 1. The van der Waals surface area contributed by atoms with Crippen LogP contribution in [-0.2, 0) is 11.2 Å². The van der Waals surface area contributed by atoms with E-state index in [1.807, 2.05) is 12.1 Å². The van der Waals surface area contributed by atoms with E-state index in [2.05, 4.69) is 6.07 Å². The first-order chi connectivity index (χ1) is 6.72. The lowest BCUT2D eigenvalue weighted by molar-refractivity contribution is -0.116. The van der Waals surface area contributed by atoms with Crippen molar-refractivity contribution in [3.63, 3.8) is 0 Å². The lowest BCUT2D eigenvalue weighted by Crippen LogP contribution is -2.25. The Kier molecular flexibility index (Phi) is 2.48. The fourth-order valence-corrected chi connectivity index (χ4v) is 2.14. The van der Waals surface area contributed by atoms with Gasteiger partial charge in [0, 0.05) is 24.1 Å². The van der Waals surface area contributed by atoms with Crippen molar-refractivity contribution in [1.82, 2.24) is 0 Å². The average Bonchev–Trinajstić information content (AvgIpc) is 2.59. The van der Waals surface area contributed by atoms with Crippen molar-refractivity contribution in [2.75, 3.05) is 11.4 Å². The third-order valence-electron chi connectivity index (χ3n) is 2.46. The van der Waals surface area contributed by atoms with Gasteiger partial charge in [0.05, 0.1) is 0 Å². The van der Waals surface area contributed by atoms with Gasteiger partial charge in [0.1, 0.15) is 0 Å². The Morgan fingerprint density at radius 2 is 2.36 bits per heavy atom. The van der Waals surface area contributed by atoms with Gasteiger partial charge >= 0.3 is 0 Å². The second-order valence-electron chi connectivity index (χ2n) is 3.33. The van der Waals surface area contributed by atoms with Gasteiger partial charge in [-0.2, -0.15) is 0 Å². The topological polar surface area (TPSA) is 46.3 Å². The second kappa shape index (κ2) is 3.63. The minimum absolute atomic E-state index is 0.108. The number of fused-ring (bicyclic) bond motifs is 1. The molecule has 1 aromatic carbocycles. The van der Waals surface area contributed by atoms with Crippen LogP contribution < -0.4 is 10.0 Å². The normalized spacial score (nSPS) is 14.3. The Balaban J connectivity index is 2.38. The van der Waals surface area contributed by atoms with Crippen molar-refractivity contribution in [3.05, 3.63) is 23.8 Å². The van der Waals surface area contributed by atoms with Gasteiger partial charge in [0.25, 0.3) is 0 Å². The van der Waals surface area contributed by atoms with Crippen LogP contribution in [0.5, 0.6) is 0 Å². The fourth-order valence-electron chi connectivity index (χ4n) is 1.78. The molecule has 74 valence electrons. The summed E-state index contributed by atoms with van der Waals surface area (Å²) in [4.78, 5) is 14.1. The summed E-state index contributed by atoms with van der Waals surface area (Å²) in [6.07, 6.45) is 0.934. The Morgan fingerprint density at radius 1 is 1.57 bits per heavy atom. The van der Waals surface area contributed by atoms with Gasteiger partial charge in [-0.05, 0) is 42.1 Å². The summed E-state index contributed by atoms with van der Waals surface area (Å²) in [5.74, 6) is 0.108.